The van der Waals surface area contributed by atoms with Gasteiger partial charge in [0.05, 0.1) is 0 Å². The van der Waals surface area contributed by atoms with Crippen LogP contribution in [0.1, 0.15) is 12.8 Å². The highest BCUT2D eigenvalue weighted by Gasteiger charge is 2.26. The van der Waals surface area contributed by atoms with Gasteiger partial charge in [-0.1, -0.05) is 0 Å². The first kappa shape index (κ1) is 6.14. The van der Waals surface area contributed by atoms with Crippen molar-refractivity contribution in [3.63, 3.8) is 0 Å². The highest BCUT2D eigenvalue weighted by molar-refractivity contribution is 7.32. The van der Waals surface area contributed by atoms with E-state index >= 15 is 0 Å². The summed E-state index contributed by atoms with van der Waals surface area (Å²) in [4.78, 5) is 8.12. The van der Waals surface area contributed by atoms with E-state index in [0.717, 1.165) is 12.8 Å². The van der Waals surface area contributed by atoms with E-state index in [1.807, 2.05) is 0 Å². The summed E-state index contributed by atoms with van der Waals surface area (Å²) in [6.07, 6.45) is 2.31. The van der Waals surface area contributed by atoms with Gasteiger partial charge >= 0.3 is 8.25 Å². The fourth-order valence-corrected chi connectivity index (χ4v) is 0.792. The molecule has 0 heterocycles. The molecule has 1 atom stereocenters. The van der Waals surface area contributed by atoms with Crippen LogP contribution in [0.15, 0.2) is 0 Å². The Morgan fingerprint density at radius 1 is 1.75 bits per heavy atom. The third-order valence-corrected chi connectivity index (χ3v) is 1.49. The first-order valence-electron chi connectivity index (χ1n) is 2.58. The van der Waals surface area contributed by atoms with Crippen molar-refractivity contribution in [2.24, 2.45) is 5.92 Å². The Bertz CT molecular complexity index is 99.5. The summed E-state index contributed by atoms with van der Waals surface area (Å²) in [5.74, 6) is 0.570. The standard InChI is InChI=1S/C4H7O3P/c5-8(6)7-3-4-1-2-4/h4H,1-3H2/p+1. The number of rotatable bonds is 3. The Labute approximate surface area is 48.6 Å². The lowest BCUT2D eigenvalue weighted by Crippen LogP contribution is -1.86. The fraction of sp³-hybridized carbons (Fsp3) is 1.00. The molecule has 1 fully saturated rings. The van der Waals surface area contributed by atoms with E-state index < -0.39 is 8.25 Å². The SMILES string of the molecule is O=[P+](O)OCC1CC1. The van der Waals surface area contributed by atoms with Crippen molar-refractivity contribution in [3.8, 4) is 0 Å². The maximum atomic E-state index is 9.86. The summed E-state index contributed by atoms with van der Waals surface area (Å²) in [6, 6.07) is 0. The van der Waals surface area contributed by atoms with Gasteiger partial charge in [0.1, 0.15) is 6.61 Å². The lowest BCUT2D eigenvalue weighted by molar-refractivity contribution is 0.269. The van der Waals surface area contributed by atoms with Gasteiger partial charge in [-0.05, 0) is 18.8 Å². The zero-order valence-corrected chi connectivity index (χ0v) is 5.30. The Morgan fingerprint density at radius 3 is 2.75 bits per heavy atom. The molecule has 3 nitrogen and oxygen atoms in total. The van der Waals surface area contributed by atoms with Gasteiger partial charge in [-0.3, -0.25) is 0 Å². The Kier molecular flexibility index (Phi) is 1.95. The summed E-state index contributed by atoms with van der Waals surface area (Å²) in [6.45, 7) is 0.464. The van der Waals surface area contributed by atoms with Gasteiger partial charge in [-0.15, -0.1) is 9.42 Å². The van der Waals surface area contributed by atoms with Crippen molar-refractivity contribution in [1.29, 1.82) is 0 Å². The summed E-state index contributed by atoms with van der Waals surface area (Å²) in [5.41, 5.74) is 0. The molecule has 1 rings (SSSR count). The van der Waals surface area contributed by atoms with Crippen LogP contribution < -0.4 is 0 Å². The second-order valence-electron chi connectivity index (χ2n) is 1.98. The predicted octanol–water partition coefficient (Wildman–Crippen LogP) is 1.06. The topological polar surface area (TPSA) is 46.5 Å². The van der Waals surface area contributed by atoms with Crippen LogP contribution in [0.5, 0.6) is 0 Å². The van der Waals surface area contributed by atoms with Gasteiger partial charge in [-0.2, -0.15) is 0 Å². The monoisotopic (exact) mass is 135 g/mol. The van der Waals surface area contributed by atoms with Crippen molar-refractivity contribution < 1.29 is 14.0 Å². The molecule has 1 unspecified atom stereocenters. The van der Waals surface area contributed by atoms with Crippen LogP contribution in [-0.2, 0) is 9.09 Å². The van der Waals surface area contributed by atoms with Crippen LogP contribution in [0.25, 0.3) is 0 Å². The average Bonchev–Trinajstić information content (AvgIpc) is 2.41. The van der Waals surface area contributed by atoms with Gasteiger partial charge in [-0.25, -0.2) is 0 Å². The largest absolute Gasteiger partial charge is 0.694 e. The first-order chi connectivity index (χ1) is 3.79. The molecule has 0 bridgehead atoms. The highest BCUT2D eigenvalue weighted by atomic mass is 31.1. The van der Waals surface area contributed by atoms with Crippen molar-refractivity contribution in [2.45, 2.75) is 12.8 Å². The zero-order chi connectivity index (χ0) is 5.98. The Morgan fingerprint density at radius 2 is 2.38 bits per heavy atom. The Hall–Kier alpha value is 0.0200. The second kappa shape index (κ2) is 2.53. The van der Waals surface area contributed by atoms with E-state index in [0.29, 0.717) is 12.5 Å². The van der Waals surface area contributed by atoms with Crippen LogP contribution in [0.4, 0.5) is 0 Å². The summed E-state index contributed by atoms with van der Waals surface area (Å²) < 4.78 is 14.3. The maximum Gasteiger partial charge on any atom is 0.694 e. The van der Waals surface area contributed by atoms with E-state index in [9.17, 15) is 4.57 Å². The van der Waals surface area contributed by atoms with Crippen molar-refractivity contribution in [3.05, 3.63) is 0 Å². The predicted molar refractivity (Wildman–Crippen MR) is 28.5 cm³/mol. The first-order valence-corrected chi connectivity index (χ1v) is 3.71. The van der Waals surface area contributed by atoms with E-state index in [-0.39, 0.29) is 0 Å². The molecule has 0 aromatic carbocycles. The summed E-state index contributed by atoms with van der Waals surface area (Å²) in [7, 11) is -2.34. The van der Waals surface area contributed by atoms with Crippen LogP contribution in [0.2, 0.25) is 0 Å². The van der Waals surface area contributed by atoms with Crippen LogP contribution in [0, 0.1) is 5.92 Å². The summed E-state index contributed by atoms with van der Waals surface area (Å²) in [5, 5.41) is 0. The molecule has 0 aromatic rings. The smallest absolute Gasteiger partial charge is 0.133 e. The minimum Gasteiger partial charge on any atom is -0.133 e. The summed E-state index contributed by atoms with van der Waals surface area (Å²) >= 11 is 0. The molecule has 1 saturated carbocycles. The van der Waals surface area contributed by atoms with Crippen molar-refractivity contribution >= 4 is 8.25 Å². The van der Waals surface area contributed by atoms with Crippen molar-refractivity contribution in [2.75, 3.05) is 6.61 Å². The average molecular weight is 135 g/mol. The van der Waals surface area contributed by atoms with Gasteiger partial charge in [0.2, 0.25) is 0 Å². The molecule has 1 N–H and O–H groups in total. The molecular formula is C4H8O3P+. The minimum atomic E-state index is -2.34. The van der Waals surface area contributed by atoms with E-state index in [1.54, 1.807) is 0 Å². The Balaban J connectivity index is 1.95. The molecule has 46 valence electrons. The molecule has 0 saturated heterocycles. The molecule has 1 aliphatic carbocycles. The van der Waals surface area contributed by atoms with E-state index in [1.165, 1.54) is 0 Å². The van der Waals surface area contributed by atoms with E-state index in [2.05, 4.69) is 4.52 Å². The second-order valence-corrected chi connectivity index (χ2v) is 2.71. The molecule has 0 aromatic heterocycles. The molecule has 8 heavy (non-hydrogen) atoms. The van der Waals surface area contributed by atoms with Gasteiger partial charge in [0, 0.05) is 4.57 Å². The van der Waals surface area contributed by atoms with Gasteiger partial charge in [0.25, 0.3) is 0 Å². The molecule has 4 heteroatoms. The molecule has 0 radical (unpaired) electrons. The van der Waals surface area contributed by atoms with Crippen LogP contribution in [0.3, 0.4) is 0 Å². The highest BCUT2D eigenvalue weighted by Crippen LogP contribution is 2.31. The van der Waals surface area contributed by atoms with Crippen molar-refractivity contribution in [1.82, 2.24) is 0 Å². The lowest BCUT2D eigenvalue weighted by Gasteiger charge is -1.79. The minimum absolute atomic E-state index is 0.464. The molecule has 0 spiro atoms. The lowest BCUT2D eigenvalue weighted by atomic mass is 10.5. The third-order valence-electron chi connectivity index (χ3n) is 1.12. The number of hydrogen-bond donors (Lipinski definition) is 1. The van der Waals surface area contributed by atoms with Gasteiger partial charge < -0.3 is 0 Å². The fourth-order valence-electron chi connectivity index (χ4n) is 0.454. The van der Waals surface area contributed by atoms with Gasteiger partial charge in [0.15, 0.2) is 0 Å². The quantitative estimate of drug-likeness (QED) is 0.588. The third kappa shape index (κ3) is 2.36. The van der Waals surface area contributed by atoms with Crippen LogP contribution in [-0.4, -0.2) is 11.5 Å². The normalized spacial score (nSPS) is 20.9. The zero-order valence-electron chi connectivity index (χ0n) is 4.41. The molecule has 0 amide bonds. The van der Waals surface area contributed by atoms with Crippen LogP contribution >= 0.6 is 8.25 Å². The van der Waals surface area contributed by atoms with E-state index in [4.69, 9.17) is 4.89 Å². The molecular weight excluding hydrogens is 127 g/mol. The molecule has 0 aliphatic heterocycles. The molecule has 1 aliphatic rings. The maximum absolute atomic E-state index is 9.86. The number of hydrogen-bond acceptors (Lipinski definition) is 2.